The van der Waals surface area contributed by atoms with Gasteiger partial charge in [0.2, 0.25) is 0 Å². The van der Waals surface area contributed by atoms with Gasteiger partial charge in [0, 0.05) is 30.9 Å². The van der Waals surface area contributed by atoms with Gasteiger partial charge in [0.25, 0.3) is 0 Å². The maximum Gasteiger partial charge on any atom is 0.319 e. The van der Waals surface area contributed by atoms with Crippen LogP contribution in [-0.2, 0) is 6.54 Å². The van der Waals surface area contributed by atoms with E-state index < -0.39 is 0 Å². The second-order valence-corrected chi connectivity index (χ2v) is 6.85. The predicted octanol–water partition coefficient (Wildman–Crippen LogP) is 4.07. The highest BCUT2D eigenvalue weighted by Crippen LogP contribution is 2.23. The standard InChI is InChI=1S/C22H23N5O/c28-22(23-16-17-7-2-1-3-8-17)24-19-10-6-9-18(15-19)20-11-12-21(26-25-20)27-13-4-5-14-27/h1-3,6-12,15H,4-5,13-14,16H2,(H2,23,24,28). The Labute approximate surface area is 164 Å². The quantitative estimate of drug-likeness (QED) is 0.707. The van der Waals surface area contributed by atoms with Gasteiger partial charge in [-0.3, -0.25) is 0 Å². The van der Waals surface area contributed by atoms with Crippen molar-refractivity contribution in [1.82, 2.24) is 15.5 Å². The number of amides is 2. The van der Waals surface area contributed by atoms with Crippen molar-refractivity contribution in [3.8, 4) is 11.3 Å². The molecule has 28 heavy (non-hydrogen) atoms. The van der Waals surface area contributed by atoms with E-state index in [4.69, 9.17) is 0 Å². The molecule has 0 unspecified atom stereocenters. The summed E-state index contributed by atoms with van der Waals surface area (Å²) in [5.74, 6) is 0.927. The number of benzene rings is 2. The smallest absolute Gasteiger partial charge is 0.319 e. The fraction of sp³-hybridized carbons (Fsp3) is 0.227. The van der Waals surface area contributed by atoms with Crippen LogP contribution in [0.15, 0.2) is 66.7 Å². The van der Waals surface area contributed by atoms with Gasteiger partial charge in [0.15, 0.2) is 5.82 Å². The van der Waals surface area contributed by atoms with Crippen LogP contribution in [0.3, 0.4) is 0 Å². The van der Waals surface area contributed by atoms with Crippen LogP contribution >= 0.6 is 0 Å². The lowest BCUT2D eigenvalue weighted by molar-refractivity contribution is 0.251. The van der Waals surface area contributed by atoms with Crippen LogP contribution in [0.1, 0.15) is 18.4 Å². The molecule has 0 atom stereocenters. The third-order valence-corrected chi connectivity index (χ3v) is 4.79. The first kappa shape index (κ1) is 18.0. The van der Waals surface area contributed by atoms with E-state index in [1.165, 1.54) is 12.8 Å². The van der Waals surface area contributed by atoms with Crippen LogP contribution in [0.5, 0.6) is 0 Å². The number of hydrogen-bond acceptors (Lipinski definition) is 4. The molecule has 0 spiro atoms. The topological polar surface area (TPSA) is 70.2 Å². The van der Waals surface area contributed by atoms with Crippen molar-refractivity contribution in [2.45, 2.75) is 19.4 Å². The number of rotatable bonds is 5. The fourth-order valence-electron chi connectivity index (χ4n) is 3.30. The molecule has 1 aliphatic heterocycles. The first-order chi connectivity index (χ1) is 13.8. The minimum atomic E-state index is -0.239. The molecule has 0 saturated carbocycles. The monoisotopic (exact) mass is 373 g/mol. The molecule has 2 N–H and O–H groups in total. The van der Waals surface area contributed by atoms with Crippen LogP contribution in [-0.4, -0.2) is 29.3 Å². The number of anilines is 2. The van der Waals surface area contributed by atoms with E-state index in [1.54, 1.807) is 0 Å². The fourth-order valence-corrected chi connectivity index (χ4v) is 3.30. The zero-order valence-corrected chi connectivity index (χ0v) is 15.6. The van der Waals surface area contributed by atoms with Gasteiger partial charge >= 0.3 is 6.03 Å². The zero-order chi connectivity index (χ0) is 19.2. The number of carbonyl (C=O) groups is 1. The third kappa shape index (κ3) is 4.46. The Balaban J connectivity index is 1.39. The van der Waals surface area contributed by atoms with E-state index >= 15 is 0 Å². The van der Waals surface area contributed by atoms with Crippen LogP contribution in [0, 0.1) is 0 Å². The van der Waals surface area contributed by atoms with Crippen molar-refractivity contribution in [2.24, 2.45) is 0 Å². The average Bonchev–Trinajstić information content (AvgIpc) is 3.28. The van der Waals surface area contributed by atoms with Gasteiger partial charge in [-0.05, 0) is 42.7 Å². The Bertz CT molecular complexity index is 921. The Morgan fingerprint density at radius 3 is 2.50 bits per heavy atom. The molecule has 0 aliphatic carbocycles. The number of aromatic nitrogens is 2. The van der Waals surface area contributed by atoms with E-state index in [0.717, 1.165) is 35.7 Å². The van der Waals surface area contributed by atoms with E-state index in [2.05, 4.69) is 25.7 Å². The Morgan fingerprint density at radius 2 is 1.75 bits per heavy atom. The minimum absolute atomic E-state index is 0.239. The van der Waals surface area contributed by atoms with Gasteiger partial charge in [-0.2, -0.15) is 0 Å². The predicted molar refractivity (Wildman–Crippen MR) is 111 cm³/mol. The lowest BCUT2D eigenvalue weighted by Gasteiger charge is -2.15. The third-order valence-electron chi connectivity index (χ3n) is 4.79. The molecule has 0 radical (unpaired) electrons. The van der Waals surface area contributed by atoms with Gasteiger partial charge < -0.3 is 15.5 Å². The summed E-state index contributed by atoms with van der Waals surface area (Å²) in [6.07, 6.45) is 2.42. The maximum atomic E-state index is 12.2. The van der Waals surface area contributed by atoms with Crippen molar-refractivity contribution >= 4 is 17.5 Å². The number of carbonyl (C=O) groups excluding carboxylic acids is 1. The van der Waals surface area contributed by atoms with Crippen molar-refractivity contribution < 1.29 is 4.79 Å². The van der Waals surface area contributed by atoms with Gasteiger partial charge in [0.05, 0.1) is 5.69 Å². The summed E-state index contributed by atoms with van der Waals surface area (Å²) in [6, 6.07) is 21.2. The largest absolute Gasteiger partial charge is 0.355 e. The molecule has 1 aromatic heterocycles. The average molecular weight is 373 g/mol. The lowest BCUT2D eigenvalue weighted by Crippen LogP contribution is -2.28. The van der Waals surface area contributed by atoms with Crippen molar-refractivity contribution in [1.29, 1.82) is 0 Å². The molecule has 2 aromatic carbocycles. The van der Waals surface area contributed by atoms with Crippen molar-refractivity contribution in [3.05, 3.63) is 72.3 Å². The Kier molecular flexibility index (Phi) is 5.47. The molecule has 1 fully saturated rings. The van der Waals surface area contributed by atoms with Gasteiger partial charge in [0.1, 0.15) is 0 Å². The highest BCUT2D eigenvalue weighted by atomic mass is 16.2. The van der Waals surface area contributed by atoms with Crippen LogP contribution in [0.2, 0.25) is 0 Å². The van der Waals surface area contributed by atoms with Crippen LogP contribution in [0.25, 0.3) is 11.3 Å². The molecule has 1 saturated heterocycles. The molecule has 2 amide bonds. The second kappa shape index (κ2) is 8.52. The number of nitrogens with zero attached hydrogens (tertiary/aromatic N) is 3. The highest BCUT2D eigenvalue weighted by Gasteiger charge is 2.14. The second-order valence-electron chi connectivity index (χ2n) is 6.85. The van der Waals surface area contributed by atoms with Crippen molar-refractivity contribution in [2.75, 3.05) is 23.3 Å². The normalized spacial score (nSPS) is 13.4. The molecule has 3 aromatic rings. The van der Waals surface area contributed by atoms with Gasteiger partial charge in [-0.25, -0.2) is 4.79 Å². The first-order valence-electron chi connectivity index (χ1n) is 9.56. The summed E-state index contributed by atoms with van der Waals surface area (Å²) >= 11 is 0. The molecule has 142 valence electrons. The zero-order valence-electron chi connectivity index (χ0n) is 15.6. The molecule has 2 heterocycles. The van der Waals surface area contributed by atoms with E-state index in [-0.39, 0.29) is 6.03 Å². The molecule has 1 aliphatic rings. The summed E-state index contributed by atoms with van der Waals surface area (Å²) in [7, 11) is 0. The molecule has 4 rings (SSSR count). The van der Waals surface area contributed by atoms with Crippen LogP contribution in [0.4, 0.5) is 16.3 Å². The Hall–Kier alpha value is -3.41. The molecule has 6 heteroatoms. The van der Waals surface area contributed by atoms with Gasteiger partial charge in [-0.15, -0.1) is 10.2 Å². The summed E-state index contributed by atoms with van der Waals surface area (Å²) in [5.41, 5.74) is 3.48. The summed E-state index contributed by atoms with van der Waals surface area (Å²) in [5, 5.41) is 14.5. The molecule has 6 nitrogen and oxygen atoms in total. The van der Waals surface area contributed by atoms with E-state index in [1.807, 2.05) is 66.7 Å². The highest BCUT2D eigenvalue weighted by molar-refractivity contribution is 5.90. The number of urea groups is 1. The maximum absolute atomic E-state index is 12.2. The summed E-state index contributed by atoms with van der Waals surface area (Å²) in [6.45, 7) is 2.58. The number of nitrogens with one attached hydrogen (secondary N) is 2. The summed E-state index contributed by atoms with van der Waals surface area (Å²) in [4.78, 5) is 14.4. The van der Waals surface area contributed by atoms with Crippen molar-refractivity contribution in [3.63, 3.8) is 0 Å². The molecule has 0 bridgehead atoms. The molecular formula is C22H23N5O. The van der Waals surface area contributed by atoms with E-state index in [0.29, 0.717) is 12.2 Å². The minimum Gasteiger partial charge on any atom is -0.355 e. The van der Waals surface area contributed by atoms with Gasteiger partial charge in [-0.1, -0.05) is 42.5 Å². The molecular weight excluding hydrogens is 350 g/mol. The lowest BCUT2D eigenvalue weighted by atomic mass is 10.1. The summed E-state index contributed by atoms with van der Waals surface area (Å²) < 4.78 is 0. The van der Waals surface area contributed by atoms with Crippen LogP contribution < -0.4 is 15.5 Å². The number of hydrogen-bond donors (Lipinski definition) is 2. The first-order valence-corrected chi connectivity index (χ1v) is 9.56. The SMILES string of the molecule is O=C(NCc1ccccc1)Nc1cccc(-c2ccc(N3CCCC3)nn2)c1. The van der Waals surface area contributed by atoms with E-state index in [9.17, 15) is 4.79 Å². The Morgan fingerprint density at radius 1 is 0.929 bits per heavy atom.